The third-order valence-electron chi connectivity index (χ3n) is 4.65. The fourth-order valence-corrected chi connectivity index (χ4v) is 3.35. The second-order valence-corrected chi connectivity index (χ2v) is 6.18. The van der Waals surface area contributed by atoms with Gasteiger partial charge < -0.3 is 15.0 Å². The number of aliphatic hydroxyl groups is 1. The molecule has 0 saturated heterocycles. The van der Waals surface area contributed by atoms with Crippen LogP contribution in [0.15, 0.2) is 36.5 Å². The first kappa shape index (κ1) is 15.0. The molecule has 3 aromatic rings. The van der Waals surface area contributed by atoms with Crippen molar-refractivity contribution >= 4 is 16.8 Å². The Bertz CT molecular complexity index is 880. The SMILES string of the molecule is O=C(CCc1c[nH]c2ccccc12)N1CCn2nc(CO)cc2C1. The molecule has 24 heavy (non-hydrogen) atoms. The highest BCUT2D eigenvalue weighted by atomic mass is 16.3. The molecule has 6 nitrogen and oxygen atoms in total. The second kappa shape index (κ2) is 6.13. The topological polar surface area (TPSA) is 74.2 Å². The maximum Gasteiger partial charge on any atom is 0.223 e. The van der Waals surface area contributed by atoms with Gasteiger partial charge >= 0.3 is 0 Å². The highest BCUT2D eigenvalue weighted by Crippen LogP contribution is 2.20. The molecule has 124 valence electrons. The van der Waals surface area contributed by atoms with Crippen LogP contribution in [0.2, 0.25) is 0 Å². The zero-order chi connectivity index (χ0) is 16.5. The number of nitrogens with zero attached hydrogens (tertiary/aromatic N) is 3. The van der Waals surface area contributed by atoms with E-state index in [0.29, 0.717) is 31.7 Å². The van der Waals surface area contributed by atoms with Crippen LogP contribution in [0.1, 0.15) is 23.4 Å². The minimum Gasteiger partial charge on any atom is -0.390 e. The molecule has 0 unspecified atom stereocenters. The van der Waals surface area contributed by atoms with Crippen molar-refractivity contribution in [1.29, 1.82) is 0 Å². The van der Waals surface area contributed by atoms with Gasteiger partial charge in [-0.25, -0.2) is 0 Å². The lowest BCUT2D eigenvalue weighted by atomic mass is 10.1. The summed E-state index contributed by atoms with van der Waals surface area (Å²) < 4.78 is 1.88. The molecule has 0 atom stereocenters. The van der Waals surface area contributed by atoms with E-state index >= 15 is 0 Å². The van der Waals surface area contributed by atoms with E-state index in [1.807, 2.05) is 40.0 Å². The van der Waals surface area contributed by atoms with Gasteiger partial charge in [0.15, 0.2) is 0 Å². The normalized spacial score (nSPS) is 14.1. The van der Waals surface area contributed by atoms with Gasteiger partial charge in [-0.15, -0.1) is 0 Å². The Hall–Kier alpha value is -2.60. The van der Waals surface area contributed by atoms with Crippen LogP contribution in [0.3, 0.4) is 0 Å². The molecule has 1 aromatic carbocycles. The molecule has 6 heteroatoms. The van der Waals surface area contributed by atoms with Crippen molar-refractivity contribution in [3.63, 3.8) is 0 Å². The molecule has 2 N–H and O–H groups in total. The molecule has 2 aromatic heterocycles. The van der Waals surface area contributed by atoms with Gasteiger partial charge in [0.25, 0.3) is 0 Å². The highest BCUT2D eigenvalue weighted by molar-refractivity contribution is 5.84. The summed E-state index contributed by atoms with van der Waals surface area (Å²) in [6, 6.07) is 10.0. The van der Waals surface area contributed by atoms with Crippen LogP contribution in [0.4, 0.5) is 0 Å². The van der Waals surface area contributed by atoms with Crippen molar-refractivity contribution in [2.45, 2.75) is 32.5 Å². The Kier molecular flexibility index (Phi) is 3.82. The number of aliphatic hydroxyl groups excluding tert-OH is 1. The fraction of sp³-hybridized carbons (Fsp3) is 0.333. The molecule has 1 aliphatic heterocycles. The summed E-state index contributed by atoms with van der Waals surface area (Å²) in [7, 11) is 0. The average Bonchev–Trinajstić information content (AvgIpc) is 3.22. The largest absolute Gasteiger partial charge is 0.390 e. The van der Waals surface area contributed by atoms with E-state index < -0.39 is 0 Å². The van der Waals surface area contributed by atoms with Gasteiger partial charge in [0.2, 0.25) is 5.91 Å². The molecule has 0 bridgehead atoms. The number of aromatic amines is 1. The summed E-state index contributed by atoms with van der Waals surface area (Å²) >= 11 is 0. The number of carbonyl (C=O) groups excluding carboxylic acids is 1. The molecule has 1 aliphatic rings. The zero-order valence-electron chi connectivity index (χ0n) is 13.4. The molecule has 0 fully saturated rings. The average molecular weight is 324 g/mol. The van der Waals surface area contributed by atoms with E-state index in [1.165, 1.54) is 10.9 Å². The number of H-pyrrole nitrogens is 1. The maximum atomic E-state index is 12.6. The lowest BCUT2D eigenvalue weighted by Crippen LogP contribution is -2.38. The third-order valence-corrected chi connectivity index (χ3v) is 4.65. The summed E-state index contributed by atoms with van der Waals surface area (Å²) in [5.74, 6) is 0.165. The Morgan fingerprint density at radius 3 is 3.04 bits per heavy atom. The molecule has 0 spiro atoms. The number of aryl methyl sites for hydroxylation is 1. The van der Waals surface area contributed by atoms with E-state index in [0.717, 1.165) is 17.6 Å². The van der Waals surface area contributed by atoms with Crippen LogP contribution in [0.5, 0.6) is 0 Å². The Balaban J connectivity index is 1.41. The van der Waals surface area contributed by atoms with Crippen molar-refractivity contribution in [2.75, 3.05) is 6.54 Å². The zero-order valence-corrected chi connectivity index (χ0v) is 13.4. The monoisotopic (exact) mass is 324 g/mol. The molecule has 0 aliphatic carbocycles. The number of carbonyl (C=O) groups is 1. The summed E-state index contributed by atoms with van der Waals surface area (Å²) in [5, 5.41) is 14.7. The predicted molar refractivity (Wildman–Crippen MR) is 90.2 cm³/mol. The number of amides is 1. The second-order valence-electron chi connectivity index (χ2n) is 6.18. The van der Waals surface area contributed by atoms with Gasteiger partial charge in [0.1, 0.15) is 0 Å². The summed E-state index contributed by atoms with van der Waals surface area (Å²) in [6.45, 7) is 1.87. The van der Waals surface area contributed by atoms with Crippen molar-refractivity contribution in [3.8, 4) is 0 Å². The summed E-state index contributed by atoms with van der Waals surface area (Å²) in [6.07, 6.45) is 3.24. The summed E-state index contributed by atoms with van der Waals surface area (Å²) in [4.78, 5) is 17.7. The maximum absolute atomic E-state index is 12.6. The van der Waals surface area contributed by atoms with E-state index in [4.69, 9.17) is 0 Å². The number of hydrogen-bond donors (Lipinski definition) is 2. The number of benzene rings is 1. The lowest BCUT2D eigenvalue weighted by Gasteiger charge is -2.27. The first-order valence-electron chi connectivity index (χ1n) is 8.24. The van der Waals surface area contributed by atoms with Crippen LogP contribution < -0.4 is 0 Å². The summed E-state index contributed by atoms with van der Waals surface area (Å²) in [5.41, 5.74) is 3.95. The lowest BCUT2D eigenvalue weighted by molar-refractivity contribution is -0.132. The Morgan fingerprint density at radius 2 is 2.17 bits per heavy atom. The van der Waals surface area contributed by atoms with E-state index in [1.54, 1.807) is 0 Å². The Morgan fingerprint density at radius 1 is 1.29 bits per heavy atom. The van der Waals surface area contributed by atoms with Crippen molar-refractivity contribution in [1.82, 2.24) is 19.7 Å². The van der Waals surface area contributed by atoms with Crippen molar-refractivity contribution in [2.24, 2.45) is 0 Å². The van der Waals surface area contributed by atoms with Gasteiger partial charge in [0.05, 0.1) is 31.1 Å². The number of rotatable bonds is 4. The smallest absolute Gasteiger partial charge is 0.223 e. The van der Waals surface area contributed by atoms with Gasteiger partial charge in [-0.1, -0.05) is 18.2 Å². The number of fused-ring (bicyclic) bond motifs is 2. The first-order valence-corrected chi connectivity index (χ1v) is 8.24. The van der Waals surface area contributed by atoms with Gasteiger partial charge in [0, 0.05) is 30.1 Å². The number of para-hydroxylation sites is 1. The minimum absolute atomic E-state index is 0.0610. The van der Waals surface area contributed by atoms with Crippen LogP contribution in [0.25, 0.3) is 10.9 Å². The van der Waals surface area contributed by atoms with Crippen LogP contribution >= 0.6 is 0 Å². The van der Waals surface area contributed by atoms with Gasteiger partial charge in [-0.2, -0.15) is 5.10 Å². The van der Waals surface area contributed by atoms with Crippen molar-refractivity contribution < 1.29 is 9.90 Å². The highest BCUT2D eigenvalue weighted by Gasteiger charge is 2.22. The third kappa shape index (κ3) is 2.69. The van der Waals surface area contributed by atoms with E-state index in [-0.39, 0.29) is 12.5 Å². The van der Waals surface area contributed by atoms with E-state index in [9.17, 15) is 9.90 Å². The number of aromatic nitrogens is 3. The Labute approximate surface area is 139 Å². The molecule has 4 rings (SSSR count). The molecular formula is C18H20N4O2. The fourth-order valence-electron chi connectivity index (χ4n) is 3.35. The predicted octanol–water partition coefficient (Wildman–Crippen LogP) is 1.83. The van der Waals surface area contributed by atoms with Crippen molar-refractivity contribution in [3.05, 3.63) is 53.5 Å². The molecule has 0 radical (unpaired) electrons. The quantitative estimate of drug-likeness (QED) is 0.769. The van der Waals surface area contributed by atoms with Crippen LogP contribution in [-0.2, 0) is 30.9 Å². The number of hydrogen-bond acceptors (Lipinski definition) is 3. The standard InChI is InChI=1S/C18H20N4O2/c23-12-14-9-15-11-21(7-8-22(15)20-14)18(24)6-5-13-10-19-17-4-2-1-3-16(13)17/h1-4,9-10,19,23H,5-8,11-12H2. The first-order chi connectivity index (χ1) is 11.7. The minimum atomic E-state index is -0.0610. The molecule has 3 heterocycles. The van der Waals surface area contributed by atoms with E-state index in [2.05, 4.69) is 16.1 Å². The van der Waals surface area contributed by atoms with Gasteiger partial charge in [-0.3, -0.25) is 9.48 Å². The van der Waals surface area contributed by atoms with Crippen LogP contribution in [-0.4, -0.2) is 37.2 Å². The van der Waals surface area contributed by atoms with Crippen LogP contribution in [0, 0.1) is 0 Å². The molecule has 1 amide bonds. The molecular weight excluding hydrogens is 304 g/mol. The number of nitrogens with one attached hydrogen (secondary N) is 1. The van der Waals surface area contributed by atoms with Gasteiger partial charge in [-0.05, 0) is 24.1 Å². The molecule has 0 saturated carbocycles.